The Bertz CT molecular complexity index is 306. The molecule has 4 bridgehead atoms. The van der Waals surface area contributed by atoms with Gasteiger partial charge in [0.25, 0.3) is 0 Å². The first-order chi connectivity index (χ1) is 8.61. The molecule has 0 spiro atoms. The second kappa shape index (κ2) is 4.73. The summed E-state index contributed by atoms with van der Waals surface area (Å²) < 4.78 is 0. The molecule has 1 unspecified atom stereocenters. The third-order valence-corrected chi connectivity index (χ3v) is 6.21. The van der Waals surface area contributed by atoms with Crippen LogP contribution in [0.25, 0.3) is 0 Å². The highest BCUT2D eigenvalue weighted by atomic mass is 32.2. The van der Waals surface area contributed by atoms with E-state index in [2.05, 4.69) is 12.2 Å². The zero-order valence-corrected chi connectivity index (χ0v) is 12.4. The summed E-state index contributed by atoms with van der Waals surface area (Å²) >= 11 is 1.62. The molecule has 0 aromatic rings. The molecular formula is C15H25NOS. The first-order valence-electron chi connectivity index (χ1n) is 7.39. The maximum Gasteiger partial charge on any atom is 0.230 e. The summed E-state index contributed by atoms with van der Waals surface area (Å²) in [6.07, 6.45) is 10.5. The molecule has 0 aromatic carbocycles. The number of thioether (sulfide) groups is 1. The van der Waals surface area contributed by atoms with E-state index in [4.69, 9.17) is 0 Å². The molecule has 4 aliphatic rings. The molecule has 4 aliphatic carbocycles. The molecule has 4 saturated carbocycles. The minimum atomic E-state index is 0.228. The lowest BCUT2D eigenvalue weighted by Gasteiger charge is -2.59. The fraction of sp³-hybridized carbons (Fsp3) is 0.933. The van der Waals surface area contributed by atoms with Gasteiger partial charge in [0, 0.05) is 6.04 Å². The molecule has 0 heterocycles. The Morgan fingerprint density at radius 3 is 2.17 bits per heavy atom. The summed E-state index contributed by atoms with van der Waals surface area (Å²) in [7, 11) is 0. The maximum absolute atomic E-state index is 11.8. The molecule has 4 rings (SSSR count). The molecule has 18 heavy (non-hydrogen) atoms. The van der Waals surface area contributed by atoms with Gasteiger partial charge in [0.15, 0.2) is 0 Å². The Kier molecular flexibility index (Phi) is 3.38. The highest BCUT2D eigenvalue weighted by Crippen LogP contribution is 2.61. The molecule has 0 saturated heterocycles. The molecule has 0 aromatic heterocycles. The summed E-state index contributed by atoms with van der Waals surface area (Å²) in [5.41, 5.74) is 0.447. The molecule has 1 atom stereocenters. The van der Waals surface area contributed by atoms with Crippen LogP contribution in [0.1, 0.15) is 45.4 Å². The lowest BCUT2D eigenvalue weighted by molar-refractivity contribution is -0.123. The van der Waals surface area contributed by atoms with Crippen LogP contribution in [0.4, 0.5) is 0 Å². The van der Waals surface area contributed by atoms with Crippen LogP contribution in [0, 0.1) is 23.2 Å². The van der Waals surface area contributed by atoms with E-state index in [1.165, 1.54) is 38.5 Å². The Morgan fingerprint density at radius 1 is 1.22 bits per heavy atom. The molecule has 2 nitrogen and oxygen atoms in total. The standard InChI is InChI=1S/C15H25NOS/c1-10(16-14(17)9-18-2)15-6-11-3-12(7-15)5-13(4-11)8-15/h10-13H,3-9H2,1-2H3,(H,16,17). The number of amides is 1. The number of nitrogens with one attached hydrogen (secondary N) is 1. The van der Waals surface area contributed by atoms with Crippen LogP contribution in [0.2, 0.25) is 0 Å². The van der Waals surface area contributed by atoms with E-state index in [9.17, 15) is 4.79 Å². The van der Waals surface area contributed by atoms with E-state index in [-0.39, 0.29) is 5.91 Å². The van der Waals surface area contributed by atoms with Gasteiger partial charge < -0.3 is 5.32 Å². The van der Waals surface area contributed by atoms with Gasteiger partial charge in [0.1, 0.15) is 0 Å². The Labute approximate surface area is 115 Å². The van der Waals surface area contributed by atoms with Crippen LogP contribution in [0.3, 0.4) is 0 Å². The smallest absolute Gasteiger partial charge is 0.230 e. The second-order valence-corrected chi connectivity index (χ2v) is 7.87. The molecule has 1 amide bonds. The summed E-state index contributed by atoms with van der Waals surface area (Å²) in [5, 5.41) is 3.28. The van der Waals surface area contributed by atoms with Gasteiger partial charge >= 0.3 is 0 Å². The van der Waals surface area contributed by atoms with Crippen molar-refractivity contribution in [3.63, 3.8) is 0 Å². The van der Waals surface area contributed by atoms with Gasteiger partial charge in [-0.25, -0.2) is 0 Å². The summed E-state index contributed by atoms with van der Waals surface area (Å²) in [6, 6.07) is 0.380. The summed E-state index contributed by atoms with van der Waals surface area (Å²) in [5.74, 6) is 3.74. The quantitative estimate of drug-likeness (QED) is 0.848. The third-order valence-electron chi connectivity index (χ3n) is 5.66. The van der Waals surface area contributed by atoms with Gasteiger partial charge in [-0.05, 0) is 74.9 Å². The van der Waals surface area contributed by atoms with Crippen molar-refractivity contribution in [3.05, 3.63) is 0 Å². The maximum atomic E-state index is 11.8. The molecule has 1 N–H and O–H groups in total. The van der Waals surface area contributed by atoms with E-state index in [1.807, 2.05) is 6.26 Å². The van der Waals surface area contributed by atoms with E-state index < -0.39 is 0 Å². The molecular weight excluding hydrogens is 242 g/mol. The molecule has 102 valence electrons. The van der Waals surface area contributed by atoms with Crippen molar-refractivity contribution in [2.75, 3.05) is 12.0 Å². The number of rotatable bonds is 4. The third kappa shape index (κ3) is 2.19. The van der Waals surface area contributed by atoms with Gasteiger partial charge in [0.05, 0.1) is 5.75 Å². The predicted molar refractivity (Wildman–Crippen MR) is 76.6 cm³/mol. The number of hydrogen-bond donors (Lipinski definition) is 1. The lowest BCUT2D eigenvalue weighted by atomic mass is 9.48. The van der Waals surface area contributed by atoms with Crippen molar-refractivity contribution < 1.29 is 4.79 Å². The van der Waals surface area contributed by atoms with E-state index in [0.717, 1.165) is 17.8 Å². The van der Waals surface area contributed by atoms with E-state index in [1.54, 1.807) is 11.8 Å². The summed E-state index contributed by atoms with van der Waals surface area (Å²) in [6.45, 7) is 2.26. The van der Waals surface area contributed by atoms with Gasteiger partial charge in [-0.3, -0.25) is 4.79 Å². The van der Waals surface area contributed by atoms with Crippen LogP contribution in [-0.4, -0.2) is 24.0 Å². The number of hydrogen-bond acceptors (Lipinski definition) is 2. The fourth-order valence-electron chi connectivity index (χ4n) is 5.28. The first-order valence-corrected chi connectivity index (χ1v) is 8.79. The minimum absolute atomic E-state index is 0.228. The molecule has 0 radical (unpaired) electrons. The number of carbonyl (C=O) groups is 1. The topological polar surface area (TPSA) is 29.1 Å². The van der Waals surface area contributed by atoms with Crippen LogP contribution in [0.5, 0.6) is 0 Å². The SMILES string of the molecule is CSCC(=O)NC(C)C12CC3CC(CC(C3)C1)C2. The normalized spacial score (nSPS) is 42.9. The minimum Gasteiger partial charge on any atom is -0.352 e. The van der Waals surface area contributed by atoms with Crippen molar-refractivity contribution >= 4 is 17.7 Å². The van der Waals surface area contributed by atoms with E-state index >= 15 is 0 Å². The average Bonchev–Trinajstić information content (AvgIpc) is 2.27. The molecule has 0 aliphatic heterocycles. The van der Waals surface area contributed by atoms with Gasteiger partial charge in [-0.1, -0.05) is 0 Å². The van der Waals surface area contributed by atoms with Crippen LogP contribution in [0.15, 0.2) is 0 Å². The van der Waals surface area contributed by atoms with E-state index in [0.29, 0.717) is 17.2 Å². The van der Waals surface area contributed by atoms with Crippen molar-refractivity contribution in [1.29, 1.82) is 0 Å². The largest absolute Gasteiger partial charge is 0.352 e. The van der Waals surface area contributed by atoms with Crippen LogP contribution < -0.4 is 5.32 Å². The average molecular weight is 267 g/mol. The molecule has 3 heteroatoms. The first kappa shape index (κ1) is 12.8. The van der Waals surface area contributed by atoms with Gasteiger partial charge in [-0.2, -0.15) is 11.8 Å². The van der Waals surface area contributed by atoms with Crippen molar-refractivity contribution in [3.8, 4) is 0 Å². The Hall–Kier alpha value is -0.180. The van der Waals surface area contributed by atoms with Gasteiger partial charge in [0.2, 0.25) is 5.91 Å². The predicted octanol–water partition coefficient (Wildman–Crippen LogP) is 3.07. The van der Waals surface area contributed by atoms with Crippen molar-refractivity contribution in [2.24, 2.45) is 23.2 Å². The zero-order chi connectivity index (χ0) is 12.8. The highest BCUT2D eigenvalue weighted by molar-refractivity contribution is 7.99. The van der Waals surface area contributed by atoms with Gasteiger partial charge in [-0.15, -0.1) is 0 Å². The zero-order valence-electron chi connectivity index (χ0n) is 11.6. The number of carbonyl (C=O) groups excluding carboxylic acids is 1. The Morgan fingerprint density at radius 2 is 1.72 bits per heavy atom. The van der Waals surface area contributed by atoms with Crippen LogP contribution in [-0.2, 0) is 4.79 Å². The Balaban J connectivity index is 1.69. The highest BCUT2D eigenvalue weighted by Gasteiger charge is 2.53. The van der Waals surface area contributed by atoms with Crippen LogP contribution >= 0.6 is 11.8 Å². The lowest BCUT2D eigenvalue weighted by Crippen LogP contribution is -2.56. The second-order valence-electron chi connectivity index (χ2n) is 7.00. The van der Waals surface area contributed by atoms with Crippen molar-refractivity contribution in [1.82, 2.24) is 5.32 Å². The summed E-state index contributed by atoms with van der Waals surface area (Å²) in [4.78, 5) is 11.8. The fourth-order valence-corrected chi connectivity index (χ4v) is 5.62. The molecule has 4 fully saturated rings. The van der Waals surface area contributed by atoms with Crippen molar-refractivity contribution in [2.45, 2.75) is 51.5 Å². The monoisotopic (exact) mass is 267 g/mol.